The number of nitro benzene ring substituents is 1. The number of hydrogen-bond acceptors (Lipinski definition) is 5. The van der Waals surface area contributed by atoms with Gasteiger partial charge in [0.25, 0.3) is 11.6 Å². The lowest BCUT2D eigenvalue weighted by Crippen LogP contribution is -2.20. The zero-order valence-electron chi connectivity index (χ0n) is 15.7. The first kappa shape index (κ1) is 20.8. The second kappa shape index (κ2) is 7.85. The van der Waals surface area contributed by atoms with E-state index >= 15 is 0 Å². The summed E-state index contributed by atoms with van der Waals surface area (Å²) in [5.74, 6) is -0.973. The molecule has 1 N–H and O–H groups in total. The lowest BCUT2D eigenvalue weighted by molar-refractivity contribution is -0.384. The Balaban J connectivity index is 2.08. The highest BCUT2D eigenvalue weighted by Crippen LogP contribution is 2.33. The van der Waals surface area contributed by atoms with E-state index < -0.39 is 22.9 Å². The predicted octanol–water partition coefficient (Wildman–Crippen LogP) is 4.01. The average molecular weight is 420 g/mol. The van der Waals surface area contributed by atoms with E-state index in [0.29, 0.717) is 16.9 Å². The monoisotopic (exact) mass is 420 g/mol. The fraction of sp³-hybridized carbons (Fsp3) is 0.158. The maximum Gasteiger partial charge on any atom is 0.573 e. The Bertz CT molecular complexity index is 1110. The van der Waals surface area contributed by atoms with Crippen LogP contribution in [0, 0.1) is 17.0 Å². The number of amides is 1. The highest BCUT2D eigenvalue weighted by Gasteiger charge is 2.31. The number of nitrogens with zero attached hydrogens (tertiary/aromatic N) is 3. The largest absolute Gasteiger partial charge is 0.573 e. The van der Waals surface area contributed by atoms with Crippen molar-refractivity contribution >= 4 is 11.6 Å². The minimum atomic E-state index is -4.89. The molecular weight excluding hydrogens is 405 g/mol. The van der Waals surface area contributed by atoms with Crippen molar-refractivity contribution in [2.75, 3.05) is 7.05 Å². The van der Waals surface area contributed by atoms with Crippen molar-refractivity contribution in [3.8, 4) is 22.6 Å². The summed E-state index contributed by atoms with van der Waals surface area (Å²) in [6.07, 6.45) is -3.36. The first-order valence-electron chi connectivity index (χ1n) is 8.52. The third-order valence-electron chi connectivity index (χ3n) is 4.21. The van der Waals surface area contributed by atoms with Crippen LogP contribution in [0.5, 0.6) is 5.75 Å². The van der Waals surface area contributed by atoms with Crippen molar-refractivity contribution < 1.29 is 27.6 Å². The predicted molar refractivity (Wildman–Crippen MR) is 100 cm³/mol. The molecule has 0 saturated carbocycles. The molecule has 11 heteroatoms. The third-order valence-corrected chi connectivity index (χ3v) is 4.21. The van der Waals surface area contributed by atoms with Gasteiger partial charge in [-0.2, -0.15) is 5.10 Å². The molecule has 3 aromatic rings. The molecule has 0 aliphatic carbocycles. The van der Waals surface area contributed by atoms with Crippen LogP contribution in [0.1, 0.15) is 16.1 Å². The summed E-state index contributed by atoms with van der Waals surface area (Å²) in [4.78, 5) is 22.5. The minimum absolute atomic E-state index is 0.0956. The molecule has 0 unspecified atom stereocenters. The number of ether oxygens (including phenoxy) is 1. The molecule has 0 spiro atoms. The van der Waals surface area contributed by atoms with E-state index in [1.807, 2.05) is 0 Å². The highest BCUT2D eigenvalue weighted by molar-refractivity contribution is 6.01. The normalized spacial score (nSPS) is 11.2. The molecule has 156 valence electrons. The van der Waals surface area contributed by atoms with Crippen molar-refractivity contribution in [1.82, 2.24) is 15.1 Å². The second-order valence-electron chi connectivity index (χ2n) is 6.18. The summed E-state index contributed by atoms with van der Waals surface area (Å²) in [5.41, 5.74) is 1.57. The molecule has 1 heterocycles. The molecule has 0 bridgehead atoms. The van der Waals surface area contributed by atoms with Gasteiger partial charge >= 0.3 is 6.36 Å². The van der Waals surface area contributed by atoms with Crippen LogP contribution in [-0.2, 0) is 0 Å². The van der Waals surface area contributed by atoms with Gasteiger partial charge in [-0.15, -0.1) is 13.2 Å². The molecule has 0 aliphatic heterocycles. The van der Waals surface area contributed by atoms with Crippen LogP contribution in [0.4, 0.5) is 18.9 Å². The van der Waals surface area contributed by atoms with E-state index in [1.54, 1.807) is 6.92 Å². The van der Waals surface area contributed by atoms with Gasteiger partial charge < -0.3 is 10.1 Å². The van der Waals surface area contributed by atoms with Crippen LogP contribution >= 0.6 is 0 Å². The Kier molecular flexibility index (Phi) is 5.45. The van der Waals surface area contributed by atoms with E-state index in [4.69, 9.17) is 0 Å². The summed E-state index contributed by atoms with van der Waals surface area (Å²) in [7, 11) is 1.40. The van der Waals surface area contributed by atoms with Gasteiger partial charge in [-0.1, -0.05) is 0 Å². The first-order chi connectivity index (χ1) is 14.1. The lowest BCUT2D eigenvalue weighted by Gasteiger charge is -2.13. The van der Waals surface area contributed by atoms with E-state index in [1.165, 1.54) is 48.3 Å². The number of benzene rings is 2. The number of carbonyl (C=O) groups excluding carboxylic acids is 1. The zero-order valence-corrected chi connectivity index (χ0v) is 15.7. The van der Waals surface area contributed by atoms with Crippen LogP contribution in [0.15, 0.2) is 48.7 Å². The maximum atomic E-state index is 12.6. The highest BCUT2D eigenvalue weighted by atomic mass is 19.4. The summed E-state index contributed by atoms with van der Waals surface area (Å²) in [6, 6.07) is 8.98. The fourth-order valence-electron chi connectivity index (χ4n) is 2.86. The third kappa shape index (κ3) is 4.40. The van der Waals surface area contributed by atoms with Gasteiger partial charge in [-0.3, -0.25) is 14.9 Å². The quantitative estimate of drug-likeness (QED) is 0.497. The molecule has 0 fully saturated rings. The van der Waals surface area contributed by atoms with Gasteiger partial charge in [0, 0.05) is 42.1 Å². The molecule has 8 nitrogen and oxygen atoms in total. The minimum Gasteiger partial charge on any atom is -0.406 e. The fourth-order valence-corrected chi connectivity index (χ4v) is 2.86. The summed E-state index contributed by atoms with van der Waals surface area (Å²) in [5, 5.41) is 17.6. The molecular formula is C19H15F3N4O4. The van der Waals surface area contributed by atoms with E-state index in [-0.39, 0.29) is 16.8 Å². The van der Waals surface area contributed by atoms with Crippen molar-refractivity contribution in [2.45, 2.75) is 13.3 Å². The van der Waals surface area contributed by atoms with E-state index in [9.17, 15) is 28.1 Å². The molecule has 0 atom stereocenters. The van der Waals surface area contributed by atoms with Gasteiger partial charge in [-0.05, 0) is 37.3 Å². The van der Waals surface area contributed by atoms with Gasteiger partial charge in [0.15, 0.2) is 0 Å². The van der Waals surface area contributed by atoms with Crippen molar-refractivity contribution in [3.63, 3.8) is 0 Å². The van der Waals surface area contributed by atoms with E-state index in [0.717, 1.165) is 12.1 Å². The van der Waals surface area contributed by atoms with Crippen molar-refractivity contribution in [3.05, 3.63) is 70.0 Å². The number of alkyl halides is 3. The van der Waals surface area contributed by atoms with Gasteiger partial charge in [0.1, 0.15) is 5.75 Å². The Labute approximate surface area is 168 Å². The van der Waals surface area contributed by atoms with E-state index in [2.05, 4.69) is 15.2 Å². The molecule has 1 amide bonds. The molecule has 0 radical (unpaired) electrons. The number of non-ortho nitro benzene ring substituents is 1. The average Bonchev–Trinajstić information content (AvgIpc) is 3.07. The molecule has 0 saturated heterocycles. The summed E-state index contributed by atoms with van der Waals surface area (Å²) in [6.45, 7) is 1.63. The molecule has 1 aromatic heterocycles. The van der Waals surface area contributed by atoms with Crippen molar-refractivity contribution in [2.24, 2.45) is 0 Å². The Morgan fingerprint density at radius 2 is 1.83 bits per heavy atom. The number of carbonyl (C=O) groups is 1. The number of hydrogen-bond donors (Lipinski definition) is 1. The van der Waals surface area contributed by atoms with Crippen LogP contribution in [0.25, 0.3) is 16.8 Å². The Hall–Kier alpha value is -3.89. The molecule has 0 aliphatic rings. The molecule has 30 heavy (non-hydrogen) atoms. The number of nitro groups is 1. The first-order valence-corrected chi connectivity index (χ1v) is 8.52. The Morgan fingerprint density at radius 1 is 1.17 bits per heavy atom. The van der Waals surface area contributed by atoms with Crippen LogP contribution in [-0.4, -0.2) is 34.0 Å². The topological polar surface area (TPSA) is 99.3 Å². The number of nitrogens with one attached hydrogen (secondary N) is 1. The van der Waals surface area contributed by atoms with Gasteiger partial charge in [0.05, 0.1) is 16.3 Å². The molecule has 3 rings (SSSR count). The summed E-state index contributed by atoms with van der Waals surface area (Å²) >= 11 is 0. The number of rotatable bonds is 5. The SMILES string of the molecule is CNC(=O)c1ccc(OC(F)(F)F)cc1-c1cn(-c2ccc([N+](=O)[O-])cc2)nc1C. The van der Waals surface area contributed by atoms with Gasteiger partial charge in [-0.25, -0.2) is 4.68 Å². The number of halogens is 3. The second-order valence-corrected chi connectivity index (χ2v) is 6.18. The zero-order chi connectivity index (χ0) is 22.1. The van der Waals surface area contributed by atoms with Crippen LogP contribution in [0.3, 0.4) is 0 Å². The maximum absolute atomic E-state index is 12.6. The smallest absolute Gasteiger partial charge is 0.406 e. The van der Waals surface area contributed by atoms with Crippen LogP contribution in [0.2, 0.25) is 0 Å². The van der Waals surface area contributed by atoms with Crippen molar-refractivity contribution in [1.29, 1.82) is 0 Å². The standard InChI is InChI=1S/C19H15F3N4O4/c1-11-17(10-25(24-11)12-3-5-13(6-4-12)26(28)29)16-9-14(30-19(20,21)22)7-8-15(16)18(27)23-2/h3-10H,1-2H3,(H,23,27). The number of aromatic nitrogens is 2. The van der Waals surface area contributed by atoms with Gasteiger partial charge in [0.2, 0.25) is 0 Å². The Morgan fingerprint density at radius 3 is 2.40 bits per heavy atom. The van der Waals surface area contributed by atoms with Crippen LogP contribution < -0.4 is 10.1 Å². The lowest BCUT2D eigenvalue weighted by atomic mass is 9.99. The number of aryl methyl sites for hydroxylation is 1. The molecule has 2 aromatic carbocycles. The summed E-state index contributed by atoms with van der Waals surface area (Å²) < 4.78 is 43.3.